The number of hydrogen-bond donors (Lipinski definition) is 1. The number of nitrogens with zero attached hydrogens (tertiary/aromatic N) is 4. The molecule has 7 nitrogen and oxygen atoms in total. The number of aromatic nitrogens is 1. The van der Waals surface area contributed by atoms with Gasteiger partial charge in [-0.25, -0.2) is 4.98 Å². The number of pyridine rings is 1. The van der Waals surface area contributed by atoms with Crippen molar-refractivity contribution < 1.29 is 9.59 Å². The number of carbonyl (C=O) groups is 2. The van der Waals surface area contributed by atoms with Crippen LogP contribution in [0.1, 0.15) is 48.5 Å². The van der Waals surface area contributed by atoms with E-state index in [9.17, 15) is 9.59 Å². The summed E-state index contributed by atoms with van der Waals surface area (Å²) in [6.07, 6.45) is 11.7. The molecule has 3 heterocycles. The van der Waals surface area contributed by atoms with Gasteiger partial charge in [-0.2, -0.15) is 0 Å². The summed E-state index contributed by atoms with van der Waals surface area (Å²) in [5.41, 5.74) is 1.70. The van der Waals surface area contributed by atoms with Crippen molar-refractivity contribution >= 4 is 29.2 Å². The molecule has 0 radical (unpaired) electrons. The molecule has 5 rings (SSSR count). The Morgan fingerprint density at radius 2 is 1.77 bits per heavy atom. The highest BCUT2D eigenvalue weighted by Gasteiger charge is 2.33. The summed E-state index contributed by atoms with van der Waals surface area (Å²) in [5.74, 6) is 1.24. The van der Waals surface area contributed by atoms with E-state index in [4.69, 9.17) is 11.6 Å². The Balaban J connectivity index is 1.10. The molecule has 35 heavy (non-hydrogen) atoms. The summed E-state index contributed by atoms with van der Waals surface area (Å²) in [5, 5.41) is 3.76. The largest absolute Gasteiger partial charge is 0.354 e. The molecule has 1 unspecified atom stereocenters. The fraction of sp³-hybridized carbons (Fsp3) is 0.593. The first-order chi connectivity index (χ1) is 16.9. The predicted octanol–water partition coefficient (Wildman–Crippen LogP) is 3.34. The van der Waals surface area contributed by atoms with Gasteiger partial charge in [0.2, 0.25) is 5.91 Å². The van der Waals surface area contributed by atoms with Gasteiger partial charge in [0.1, 0.15) is 5.82 Å². The zero-order valence-corrected chi connectivity index (χ0v) is 21.5. The van der Waals surface area contributed by atoms with Crippen LogP contribution in [0.4, 0.5) is 5.82 Å². The zero-order chi connectivity index (χ0) is 24.5. The van der Waals surface area contributed by atoms with Gasteiger partial charge in [-0.05, 0) is 56.2 Å². The van der Waals surface area contributed by atoms with Crippen LogP contribution in [0.25, 0.3) is 0 Å². The highest BCUT2D eigenvalue weighted by Crippen LogP contribution is 2.29. The summed E-state index contributed by atoms with van der Waals surface area (Å²) in [4.78, 5) is 37.0. The highest BCUT2D eigenvalue weighted by atomic mass is 35.5. The number of aryl methyl sites for hydroxylation is 1. The third-order valence-electron chi connectivity index (χ3n) is 7.87. The molecule has 188 valence electrons. The molecule has 2 atom stereocenters. The minimum absolute atomic E-state index is 0.0153. The van der Waals surface area contributed by atoms with Gasteiger partial charge < -0.3 is 15.1 Å². The summed E-state index contributed by atoms with van der Waals surface area (Å²) in [7, 11) is 0. The molecule has 1 aromatic rings. The Morgan fingerprint density at radius 3 is 2.40 bits per heavy atom. The molecular formula is C27H36ClN5O2. The van der Waals surface area contributed by atoms with Crippen LogP contribution < -0.4 is 10.2 Å². The number of likely N-dealkylation sites (tertiary alicyclic amines) is 1. The van der Waals surface area contributed by atoms with Crippen molar-refractivity contribution in [3.05, 3.63) is 46.7 Å². The average molecular weight is 498 g/mol. The van der Waals surface area contributed by atoms with Crippen LogP contribution in [0.15, 0.2) is 35.5 Å². The molecule has 2 aliphatic heterocycles. The first kappa shape index (κ1) is 24.3. The van der Waals surface area contributed by atoms with E-state index in [1.54, 1.807) is 6.20 Å². The number of halogens is 1. The molecule has 2 amide bonds. The number of allylic oxidation sites excluding steroid dienone is 3. The van der Waals surface area contributed by atoms with Crippen LogP contribution in [0.3, 0.4) is 0 Å². The van der Waals surface area contributed by atoms with E-state index in [0.717, 1.165) is 81.4 Å². The van der Waals surface area contributed by atoms with Crippen molar-refractivity contribution in [2.75, 3.05) is 44.2 Å². The number of piperidine rings is 1. The lowest BCUT2D eigenvalue weighted by molar-refractivity contribution is -0.136. The van der Waals surface area contributed by atoms with E-state index < -0.39 is 0 Å². The van der Waals surface area contributed by atoms with Crippen molar-refractivity contribution in [3.8, 4) is 0 Å². The van der Waals surface area contributed by atoms with Gasteiger partial charge in [-0.15, -0.1) is 0 Å². The molecule has 0 aromatic carbocycles. The molecule has 1 aromatic heterocycles. The van der Waals surface area contributed by atoms with Crippen LogP contribution >= 0.6 is 11.6 Å². The van der Waals surface area contributed by atoms with Crippen LogP contribution in [0, 0.1) is 18.8 Å². The zero-order valence-electron chi connectivity index (χ0n) is 20.8. The third kappa shape index (κ3) is 5.56. The minimum atomic E-state index is -0.0977. The average Bonchev–Trinajstić information content (AvgIpc) is 3.68. The minimum Gasteiger partial charge on any atom is -0.354 e. The van der Waals surface area contributed by atoms with Crippen molar-refractivity contribution in [2.24, 2.45) is 11.8 Å². The number of rotatable bonds is 5. The molecule has 2 saturated heterocycles. The number of anilines is 1. The van der Waals surface area contributed by atoms with Crippen LogP contribution in [0.2, 0.25) is 0 Å². The van der Waals surface area contributed by atoms with Gasteiger partial charge in [0.05, 0.1) is 11.5 Å². The first-order valence-corrected chi connectivity index (χ1v) is 13.4. The van der Waals surface area contributed by atoms with Gasteiger partial charge in [0, 0.05) is 62.6 Å². The molecule has 1 N–H and O–H groups in total. The Hall–Kier alpha value is -2.38. The molecular weight excluding hydrogens is 462 g/mol. The summed E-state index contributed by atoms with van der Waals surface area (Å²) in [6, 6.07) is 2.84. The number of carbonyl (C=O) groups excluding carboxylic acids is 2. The Labute approximate surface area is 213 Å². The highest BCUT2D eigenvalue weighted by molar-refractivity contribution is 6.31. The molecule has 4 aliphatic rings. The number of nitrogens with one attached hydrogen (secondary N) is 1. The molecule has 3 fully saturated rings. The topological polar surface area (TPSA) is 68.8 Å². The molecule has 2 aliphatic carbocycles. The molecule has 0 spiro atoms. The summed E-state index contributed by atoms with van der Waals surface area (Å²) >= 11 is 6.09. The van der Waals surface area contributed by atoms with E-state index in [0.29, 0.717) is 17.6 Å². The standard InChI is InChI=1S/C27H36ClN5O2/c1-18-16-21(28)3-6-24(18)27(35)33-9-7-23(8-10-33)31-11-13-32(14-12-31)25-19(2)15-20(17-29-25)26(34)30-22-4-5-22/h3,6,15-18,22-24H,4-5,7-14H2,1-2H3,(H,30,34)/t18-,24?/m1/s1. The van der Waals surface area contributed by atoms with Crippen molar-refractivity contribution in [2.45, 2.75) is 51.6 Å². The summed E-state index contributed by atoms with van der Waals surface area (Å²) in [6.45, 7) is 9.60. The lowest BCUT2D eigenvalue weighted by Crippen LogP contribution is -2.54. The quantitative estimate of drug-likeness (QED) is 0.675. The van der Waals surface area contributed by atoms with E-state index in [-0.39, 0.29) is 23.7 Å². The van der Waals surface area contributed by atoms with Crippen LogP contribution in [-0.4, -0.2) is 78.0 Å². The Bertz CT molecular complexity index is 1020. The van der Waals surface area contributed by atoms with E-state index in [1.165, 1.54) is 0 Å². The van der Waals surface area contributed by atoms with Gasteiger partial charge in [-0.3, -0.25) is 14.5 Å². The lowest BCUT2D eigenvalue weighted by atomic mass is 9.88. The van der Waals surface area contributed by atoms with Gasteiger partial charge in [0.15, 0.2) is 0 Å². The smallest absolute Gasteiger partial charge is 0.253 e. The van der Waals surface area contributed by atoms with Crippen molar-refractivity contribution in [1.82, 2.24) is 20.1 Å². The van der Waals surface area contributed by atoms with Crippen LogP contribution in [0.5, 0.6) is 0 Å². The maximum Gasteiger partial charge on any atom is 0.253 e. The normalized spacial score (nSPS) is 26.0. The summed E-state index contributed by atoms with van der Waals surface area (Å²) < 4.78 is 0. The van der Waals surface area contributed by atoms with Crippen LogP contribution in [-0.2, 0) is 4.79 Å². The van der Waals surface area contributed by atoms with Gasteiger partial charge in [-0.1, -0.05) is 30.7 Å². The second-order valence-electron chi connectivity index (χ2n) is 10.5. The fourth-order valence-electron chi connectivity index (χ4n) is 5.57. The number of hydrogen-bond acceptors (Lipinski definition) is 5. The van der Waals surface area contributed by atoms with E-state index in [2.05, 4.69) is 27.0 Å². The number of amides is 2. The van der Waals surface area contributed by atoms with E-state index in [1.807, 2.05) is 36.1 Å². The van der Waals surface area contributed by atoms with Gasteiger partial charge in [0.25, 0.3) is 5.91 Å². The van der Waals surface area contributed by atoms with Crippen molar-refractivity contribution in [1.29, 1.82) is 0 Å². The van der Waals surface area contributed by atoms with E-state index >= 15 is 0 Å². The lowest BCUT2D eigenvalue weighted by Gasteiger charge is -2.43. The van der Waals surface area contributed by atoms with Gasteiger partial charge >= 0.3 is 0 Å². The second kappa shape index (κ2) is 10.3. The SMILES string of the molecule is Cc1cc(C(=O)NC2CC2)cnc1N1CCN(C2CCN(C(=O)C3C=CC(Cl)=C[C@H]3C)CC2)CC1. The maximum absolute atomic E-state index is 13.1. The van der Waals surface area contributed by atoms with Crippen molar-refractivity contribution in [3.63, 3.8) is 0 Å². The molecule has 1 saturated carbocycles. The molecule has 8 heteroatoms. The molecule has 0 bridgehead atoms. The Morgan fingerprint density at radius 1 is 1.06 bits per heavy atom. The fourth-order valence-corrected chi connectivity index (χ4v) is 5.84. The predicted molar refractivity (Wildman–Crippen MR) is 139 cm³/mol. The third-order valence-corrected chi connectivity index (χ3v) is 8.12. The number of piperazine rings is 1. The monoisotopic (exact) mass is 497 g/mol. The first-order valence-electron chi connectivity index (χ1n) is 13.0. The Kier molecular flexibility index (Phi) is 7.17. The second-order valence-corrected chi connectivity index (χ2v) is 10.9. The maximum atomic E-state index is 13.1.